The minimum absolute atomic E-state index is 0.188. The van der Waals surface area contributed by atoms with Gasteiger partial charge in [-0.05, 0) is 30.3 Å². The first-order chi connectivity index (χ1) is 10.2. The van der Waals surface area contributed by atoms with Gasteiger partial charge in [0.2, 0.25) is 0 Å². The molecule has 1 unspecified atom stereocenters. The van der Waals surface area contributed by atoms with Gasteiger partial charge >= 0.3 is 0 Å². The molecule has 2 heterocycles. The average molecular weight is 385 g/mol. The number of hydrogen-bond acceptors (Lipinski definition) is 3. The third-order valence-electron chi connectivity index (χ3n) is 3.34. The summed E-state index contributed by atoms with van der Waals surface area (Å²) in [5.74, 6) is 0. The maximum absolute atomic E-state index is 6.14. The van der Waals surface area contributed by atoms with Crippen LogP contribution in [0.2, 0.25) is 5.02 Å². The highest BCUT2D eigenvalue weighted by atomic mass is 79.9. The quantitative estimate of drug-likeness (QED) is 0.690. The van der Waals surface area contributed by atoms with Crippen LogP contribution >= 0.6 is 38.9 Å². The van der Waals surface area contributed by atoms with E-state index in [0.29, 0.717) is 0 Å². The Morgan fingerprint density at radius 3 is 3.10 bits per heavy atom. The molecular weight excluding hydrogens is 370 g/mol. The smallest absolute Gasteiger partial charge is 0.193 e. The molecule has 1 aromatic carbocycles. The number of rotatable bonds is 5. The van der Waals surface area contributed by atoms with Gasteiger partial charge in [0, 0.05) is 39.7 Å². The summed E-state index contributed by atoms with van der Waals surface area (Å²) >= 11 is 11.4. The standard InChI is InChI=1S/C15H15BrClN3S/c1-2-18-14(12-7-10(17)3-4-13(12)16)8-11-9-20-5-6-21-15(20)19-11/h3-7,9,14,18H,2,8H2,1H3. The van der Waals surface area contributed by atoms with Crippen molar-refractivity contribution < 1.29 is 0 Å². The fourth-order valence-electron chi connectivity index (χ4n) is 2.40. The van der Waals surface area contributed by atoms with Gasteiger partial charge in [0.1, 0.15) is 0 Å². The first kappa shape index (κ1) is 15.0. The molecule has 0 aliphatic rings. The van der Waals surface area contributed by atoms with Crippen LogP contribution in [0.5, 0.6) is 0 Å². The van der Waals surface area contributed by atoms with E-state index in [9.17, 15) is 0 Å². The molecule has 2 aromatic heterocycles. The number of halogens is 2. The number of aromatic nitrogens is 2. The SMILES string of the molecule is CCNC(Cc1cn2ccsc2n1)c1cc(Cl)ccc1Br. The number of imidazole rings is 1. The second kappa shape index (κ2) is 6.48. The van der Waals surface area contributed by atoms with Crippen LogP contribution in [0.4, 0.5) is 0 Å². The molecule has 3 rings (SSSR count). The van der Waals surface area contributed by atoms with E-state index in [-0.39, 0.29) is 6.04 Å². The number of hydrogen-bond donors (Lipinski definition) is 1. The number of thiazole rings is 1. The van der Waals surface area contributed by atoms with Crippen LogP contribution in [0.1, 0.15) is 24.2 Å². The van der Waals surface area contributed by atoms with Crippen LogP contribution in [0, 0.1) is 0 Å². The summed E-state index contributed by atoms with van der Waals surface area (Å²) in [5, 5.41) is 6.31. The van der Waals surface area contributed by atoms with E-state index < -0.39 is 0 Å². The molecule has 0 radical (unpaired) electrons. The molecule has 21 heavy (non-hydrogen) atoms. The molecular formula is C15H15BrClN3S. The predicted molar refractivity (Wildman–Crippen MR) is 92.3 cm³/mol. The molecule has 3 aromatic rings. The van der Waals surface area contributed by atoms with Gasteiger partial charge in [0.25, 0.3) is 0 Å². The first-order valence-electron chi connectivity index (χ1n) is 6.76. The summed E-state index contributed by atoms with van der Waals surface area (Å²) in [4.78, 5) is 5.70. The monoisotopic (exact) mass is 383 g/mol. The Labute approximate surface area is 141 Å². The number of likely N-dealkylation sites (N-methyl/N-ethyl adjacent to an activating group) is 1. The summed E-state index contributed by atoms with van der Waals surface area (Å²) in [5.41, 5.74) is 2.25. The highest BCUT2D eigenvalue weighted by Crippen LogP contribution is 2.29. The maximum atomic E-state index is 6.14. The molecule has 0 saturated carbocycles. The van der Waals surface area contributed by atoms with Gasteiger partial charge in [-0.2, -0.15) is 0 Å². The summed E-state index contributed by atoms with van der Waals surface area (Å²) in [7, 11) is 0. The Morgan fingerprint density at radius 2 is 2.33 bits per heavy atom. The van der Waals surface area contributed by atoms with Gasteiger partial charge in [-0.1, -0.05) is 34.5 Å². The normalized spacial score (nSPS) is 12.9. The molecule has 3 nitrogen and oxygen atoms in total. The zero-order valence-corrected chi connectivity index (χ0v) is 14.7. The van der Waals surface area contributed by atoms with E-state index >= 15 is 0 Å². The van der Waals surface area contributed by atoms with Gasteiger partial charge in [0.05, 0.1) is 5.69 Å². The molecule has 0 bridgehead atoms. The molecule has 110 valence electrons. The summed E-state index contributed by atoms with van der Waals surface area (Å²) in [6.45, 7) is 3.00. The average Bonchev–Trinajstić information content (AvgIpc) is 3.02. The maximum Gasteiger partial charge on any atom is 0.193 e. The second-order valence-electron chi connectivity index (χ2n) is 4.81. The van der Waals surface area contributed by atoms with E-state index in [1.54, 1.807) is 11.3 Å². The van der Waals surface area contributed by atoms with Crippen molar-refractivity contribution in [3.63, 3.8) is 0 Å². The Balaban J connectivity index is 1.90. The van der Waals surface area contributed by atoms with Gasteiger partial charge in [0.15, 0.2) is 4.96 Å². The molecule has 0 amide bonds. The highest BCUT2D eigenvalue weighted by molar-refractivity contribution is 9.10. The van der Waals surface area contributed by atoms with Gasteiger partial charge < -0.3 is 5.32 Å². The minimum Gasteiger partial charge on any atom is -0.310 e. The van der Waals surface area contributed by atoms with Crippen molar-refractivity contribution in [1.29, 1.82) is 0 Å². The predicted octanol–water partition coefficient (Wildman–Crippen LogP) is 4.71. The van der Waals surface area contributed by atoms with Gasteiger partial charge in [-0.3, -0.25) is 4.40 Å². The third kappa shape index (κ3) is 3.31. The zero-order valence-electron chi connectivity index (χ0n) is 11.5. The largest absolute Gasteiger partial charge is 0.310 e. The van der Waals surface area contributed by atoms with Gasteiger partial charge in [-0.15, -0.1) is 11.3 Å². The van der Waals surface area contributed by atoms with Crippen molar-refractivity contribution in [2.24, 2.45) is 0 Å². The Morgan fingerprint density at radius 1 is 1.48 bits per heavy atom. The summed E-state index contributed by atoms with van der Waals surface area (Å²) < 4.78 is 3.13. The van der Waals surface area contributed by atoms with Gasteiger partial charge in [-0.25, -0.2) is 4.98 Å². The number of benzene rings is 1. The lowest BCUT2D eigenvalue weighted by Crippen LogP contribution is -2.23. The molecule has 0 spiro atoms. The number of nitrogens with zero attached hydrogens (tertiary/aromatic N) is 2. The molecule has 6 heteroatoms. The summed E-state index contributed by atoms with van der Waals surface area (Å²) in [6, 6.07) is 6.09. The molecule has 0 aliphatic heterocycles. The number of nitrogens with one attached hydrogen (secondary N) is 1. The fraction of sp³-hybridized carbons (Fsp3) is 0.267. The van der Waals surface area contributed by atoms with Crippen molar-refractivity contribution in [3.05, 3.63) is 56.7 Å². The van der Waals surface area contributed by atoms with E-state index in [4.69, 9.17) is 11.6 Å². The lowest BCUT2D eigenvalue weighted by molar-refractivity contribution is 0.543. The van der Waals surface area contributed by atoms with E-state index in [0.717, 1.165) is 33.1 Å². The third-order valence-corrected chi connectivity index (χ3v) is 5.07. The first-order valence-corrected chi connectivity index (χ1v) is 8.82. The fourth-order valence-corrected chi connectivity index (χ4v) is 3.83. The van der Waals surface area contributed by atoms with Crippen molar-refractivity contribution >= 4 is 43.8 Å². The minimum atomic E-state index is 0.188. The molecule has 1 N–H and O–H groups in total. The number of fused-ring (bicyclic) bond motifs is 1. The Bertz CT molecular complexity index is 724. The van der Waals surface area contributed by atoms with Crippen LogP contribution in [-0.2, 0) is 6.42 Å². The lowest BCUT2D eigenvalue weighted by Gasteiger charge is -2.19. The van der Waals surface area contributed by atoms with Crippen molar-refractivity contribution in [2.75, 3.05) is 6.54 Å². The van der Waals surface area contributed by atoms with Crippen LogP contribution < -0.4 is 5.32 Å². The molecule has 0 saturated heterocycles. The summed E-state index contributed by atoms with van der Waals surface area (Å²) in [6.07, 6.45) is 4.96. The second-order valence-corrected chi connectivity index (χ2v) is 6.97. The van der Waals surface area contributed by atoms with E-state index in [2.05, 4.69) is 43.8 Å². The lowest BCUT2D eigenvalue weighted by atomic mass is 10.0. The van der Waals surface area contributed by atoms with Crippen molar-refractivity contribution in [1.82, 2.24) is 14.7 Å². The Hall–Kier alpha value is -0.880. The Kier molecular flexibility index (Phi) is 4.64. The zero-order chi connectivity index (χ0) is 14.8. The van der Waals surface area contributed by atoms with Crippen molar-refractivity contribution in [3.8, 4) is 0 Å². The van der Waals surface area contributed by atoms with E-state index in [1.807, 2.05) is 29.8 Å². The molecule has 1 atom stereocenters. The van der Waals surface area contributed by atoms with Crippen LogP contribution in [0.15, 0.2) is 40.4 Å². The van der Waals surface area contributed by atoms with Crippen LogP contribution in [-0.4, -0.2) is 15.9 Å². The van der Waals surface area contributed by atoms with Crippen LogP contribution in [0.3, 0.4) is 0 Å². The van der Waals surface area contributed by atoms with E-state index in [1.165, 1.54) is 5.56 Å². The van der Waals surface area contributed by atoms with Crippen molar-refractivity contribution in [2.45, 2.75) is 19.4 Å². The topological polar surface area (TPSA) is 29.3 Å². The molecule has 0 aliphatic carbocycles. The van der Waals surface area contributed by atoms with Crippen LogP contribution in [0.25, 0.3) is 4.96 Å². The molecule has 0 fully saturated rings. The highest BCUT2D eigenvalue weighted by Gasteiger charge is 2.16.